The van der Waals surface area contributed by atoms with E-state index in [1.807, 2.05) is 24.3 Å². The Labute approximate surface area is 149 Å². The summed E-state index contributed by atoms with van der Waals surface area (Å²) in [6.45, 7) is 2.35. The average molecular weight is 340 g/mol. The summed E-state index contributed by atoms with van der Waals surface area (Å²) >= 11 is 0. The van der Waals surface area contributed by atoms with Crippen molar-refractivity contribution in [2.75, 3.05) is 11.9 Å². The second-order valence-electron chi connectivity index (χ2n) is 8.75. The van der Waals surface area contributed by atoms with Crippen LogP contribution in [0.4, 0.5) is 5.69 Å². The molecule has 0 aromatic heterocycles. The molecule has 2 amide bonds. The second kappa shape index (κ2) is 6.47. The highest BCUT2D eigenvalue weighted by Gasteiger charge is 2.50. The zero-order valence-electron chi connectivity index (χ0n) is 15.0. The minimum absolute atomic E-state index is 0.0823. The van der Waals surface area contributed by atoms with E-state index in [4.69, 9.17) is 0 Å². The summed E-state index contributed by atoms with van der Waals surface area (Å²) in [5, 5.41) is 5.97. The first kappa shape index (κ1) is 16.6. The molecule has 1 aromatic carbocycles. The number of rotatable bonds is 5. The van der Waals surface area contributed by atoms with Crippen molar-refractivity contribution in [3.63, 3.8) is 0 Å². The first-order valence-corrected chi connectivity index (χ1v) is 9.63. The van der Waals surface area contributed by atoms with Gasteiger partial charge in [0.15, 0.2) is 0 Å². The van der Waals surface area contributed by atoms with Gasteiger partial charge in [-0.3, -0.25) is 9.59 Å². The quantitative estimate of drug-likeness (QED) is 0.861. The number of hydrogen-bond donors (Lipinski definition) is 2. The number of nitrogens with one attached hydrogen (secondary N) is 2. The van der Waals surface area contributed by atoms with E-state index in [9.17, 15) is 9.59 Å². The van der Waals surface area contributed by atoms with E-state index in [-0.39, 0.29) is 11.8 Å². The molecule has 4 bridgehead atoms. The molecule has 5 rings (SSSR count). The normalized spacial score (nSPS) is 32.4. The molecule has 1 aromatic rings. The molecule has 134 valence electrons. The highest BCUT2D eigenvalue weighted by Crippen LogP contribution is 2.59. The van der Waals surface area contributed by atoms with Crippen LogP contribution < -0.4 is 10.6 Å². The van der Waals surface area contributed by atoms with Crippen LogP contribution >= 0.6 is 0 Å². The molecule has 0 spiro atoms. The highest BCUT2D eigenvalue weighted by molar-refractivity contribution is 5.88. The van der Waals surface area contributed by atoms with Crippen molar-refractivity contribution in [3.8, 4) is 0 Å². The number of anilines is 1. The van der Waals surface area contributed by atoms with Gasteiger partial charge in [-0.15, -0.1) is 0 Å². The Balaban J connectivity index is 1.30. The third-order valence-corrected chi connectivity index (χ3v) is 6.46. The van der Waals surface area contributed by atoms with Gasteiger partial charge in [0, 0.05) is 19.2 Å². The van der Waals surface area contributed by atoms with Crippen LogP contribution in [0.2, 0.25) is 0 Å². The Hall–Kier alpha value is -1.84. The highest BCUT2D eigenvalue weighted by atomic mass is 16.2. The van der Waals surface area contributed by atoms with Gasteiger partial charge in [-0.2, -0.15) is 0 Å². The Morgan fingerprint density at radius 2 is 1.56 bits per heavy atom. The predicted molar refractivity (Wildman–Crippen MR) is 98.1 cm³/mol. The van der Waals surface area contributed by atoms with Gasteiger partial charge in [-0.1, -0.05) is 12.1 Å². The molecule has 0 heterocycles. The van der Waals surface area contributed by atoms with Crippen LogP contribution in [-0.2, 0) is 16.0 Å². The fourth-order valence-corrected chi connectivity index (χ4v) is 5.95. The Bertz CT molecular complexity index is 630. The van der Waals surface area contributed by atoms with E-state index in [2.05, 4.69) is 10.6 Å². The van der Waals surface area contributed by atoms with Crippen molar-refractivity contribution in [2.24, 2.45) is 23.2 Å². The van der Waals surface area contributed by atoms with E-state index in [1.165, 1.54) is 45.4 Å². The van der Waals surface area contributed by atoms with E-state index in [0.29, 0.717) is 11.8 Å². The summed E-state index contributed by atoms with van der Waals surface area (Å²) < 4.78 is 0. The monoisotopic (exact) mass is 340 g/mol. The van der Waals surface area contributed by atoms with Gasteiger partial charge in [0.25, 0.3) is 0 Å². The van der Waals surface area contributed by atoms with E-state index in [0.717, 1.165) is 35.5 Å². The molecule has 2 N–H and O–H groups in total. The minimum atomic E-state index is -0.0823. The lowest BCUT2D eigenvalue weighted by molar-refractivity contribution is -0.122. The molecule has 4 fully saturated rings. The molecule has 0 aliphatic heterocycles. The van der Waals surface area contributed by atoms with Crippen molar-refractivity contribution in [2.45, 2.75) is 51.9 Å². The summed E-state index contributed by atoms with van der Waals surface area (Å²) in [5.41, 5.74) is 2.14. The van der Waals surface area contributed by atoms with Gasteiger partial charge < -0.3 is 10.6 Å². The SMILES string of the molecule is CC(=O)Nc1ccc(CC(=O)NCC23CC4CC(CC(C4)C2)C3)cc1. The van der Waals surface area contributed by atoms with Crippen molar-refractivity contribution in [1.82, 2.24) is 5.32 Å². The first-order valence-electron chi connectivity index (χ1n) is 9.63. The van der Waals surface area contributed by atoms with Gasteiger partial charge in [0.1, 0.15) is 0 Å². The van der Waals surface area contributed by atoms with E-state index >= 15 is 0 Å². The second-order valence-corrected chi connectivity index (χ2v) is 8.75. The molecule has 4 aliphatic carbocycles. The lowest BCUT2D eigenvalue weighted by atomic mass is 9.49. The minimum Gasteiger partial charge on any atom is -0.355 e. The summed E-state index contributed by atoms with van der Waals surface area (Å²) in [6, 6.07) is 7.53. The van der Waals surface area contributed by atoms with E-state index in [1.54, 1.807) is 0 Å². The zero-order valence-corrected chi connectivity index (χ0v) is 15.0. The topological polar surface area (TPSA) is 58.2 Å². The van der Waals surface area contributed by atoms with Gasteiger partial charge >= 0.3 is 0 Å². The van der Waals surface area contributed by atoms with Gasteiger partial charge in [0.2, 0.25) is 11.8 Å². The number of carbonyl (C=O) groups excluding carboxylic acids is 2. The van der Waals surface area contributed by atoms with Gasteiger partial charge in [0.05, 0.1) is 6.42 Å². The van der Waals surface area contributed by atoms with Crippen LogP contribution in [0.5, 0.6) is 0 Å². The Morgan fingerprint density at radius 1 is 1.00 bits per heavy atom. The molecule has 0 unspecified atom stereocenters. The maximum absolute atomic E-state index is 12.4. The Morgan fingerprint density at radius 3 is 2.08 bits per heavy atom. The molecule has 4 nitrogen and oxygen atoms in total. The Kier molecular flexibility index (Phi) is 4.30. The number of carbonyl (C=O) groups is 2. The van der Waals surface area contributed by atoms with Crippen molar-refractivity contribution in [3.05, 3.63) is 29.8 Å². The smallest absolute Gasteiger partial charge is 0.224 e. The van der Waals surface area contributed by atoms with Crippen LogP contribution in [0.25, 0.3) is 0 Å². The third-order valence-electron chi connectivity index (χ3n) is 6.46. The van der Waals surface area contributed by atoms with Gasteiger partial charge in [-0.05, 0) is 79.4 Å². The number of benzene rings is 1. The maximum Gasteiger partial charge on any atom is 0.224 e. The molecular weight excluding hydrogens is 312 g/mol. The molecule has 0 saturated heterocycles. The fourth-order valence-electron chi connectivity index (χ4n) is 5.95. The summed E-state index contributed by atoms with van der Waals surface area (Å²) in [7, 11) is 0. The van der Waals surface area contributed by atoms with Gasteiger partial charge in [-0.25, -0.2) is 0 Å². The molecule has 4 aliphatic rings. The third kappa shape index (κ3) is 3.73. The molecular formula is C21H28N2O2. The van der Waals surface area contributed by atoms with E-state index < -0.39 is 0 Å². The van der Waals surface area contributed by atoms with Crippen molar-refractivity contribution >= 4 is 17.5 Å². The lowest BCUT2D eigenvalue weighted by Crippen LogP contribution is -2.51. The van der Waals surface area contributed by atoms with Crippen LogP contribution in [-0.4, -0.2) is 18.4 Å². The lowest BCUT2D eigenvalue weighted by Gasteiger charge is -2.56. The van der Waals surface area contributed by atoms with Crippen LogP contribution in [0.3, 0.4) is 0 Å². The predicted octanol–water partition coefficient (Wildman–Crippen LogP) is 3.52. The molecule has 4 heteroatoms. The molecule has 25 heavy (non-hydrogen) atoms. The molecule has 0 radical (unpaired) electrons. The largest absolute Gasteiger partial charge is 0.355 e. The van der Waals surface area contributed by atoms with Crippen molar-refractivity contribution < 1.29 is 9.59 Å². The summed E-state index contributed by atoms with van der Waals surface area (Å²) in [5.74, 6) is 2.79. The summed E-state index contributed by atoms with van der Waals surface area (Å²) in [6.07, 6.45) is 8.70. The first-order chi connectivity index (χ1) is 12.0. The average Bonchev–Trinajstić information content (AvgIpc) is 2.53. The molecule has 4 saturated carbocycles. The maximum atomic E-state index is 12.4. The number of hydrogen-bond acceptors (Lipinski definition) is 2. The standard InChI is InChI=1S/C21H28N2O2/c1-14(24)23-19-4-2-15(3-5-19)9-20(25)22-13-21-10-16-6-17(11-21)8-18(7-16)12-21/h2-5,16-18H,6-13H2,1H3,(H,22,25)(H,23,24). The van der Waals surface area contributed by atoms with Crippen LogP contribution in [0, 0.1) is 23.2 Å². The van der Waals surface area contributed by atoms with Crippen LogP contribution in [0.15, 0.2) is 24.3 Å². The fraction of sp³-hybridized carbons (Fsp3) is 0.619. The molecule has 0 atom stereocenters. The number of amides is 2. The summed E-state index contributed by atoms with van der Waals surface area (Å²) in [4.78, 5) is 23.4. The zero-order chi connectivity index (χ0) is 17.4. The van der Waals surface area contributed by atoms with Crippen LogP contribution in [0.1, 0.15) is 51.0 Å². The van der Waals surface area contributed by atoms with Crippen molar-refractivity contribution in [1.29, 1.82) is 0 Å².